The van der Waals surface area contributed by atoms with E-state index in [0.717, 1.165) is 6.07 Å². The van der Waals surface area contributed by atoms with Crippen LogP contribution in [0, 0.1) is 0 Å². The highest BCUT2D eigenvalue weighted by atomic mass is 16.5. The third-order valence-corrected chi connectivity index (χ3v) is 5.28. The number of nitrogens with one attached hydrogen (secondary N) is 1. The van der Waals surface area contributed by atoms with Gasteiger partial charge < -0.3 is 24.7 Å². The van der Waals surface area contributed by atoms with E-state index >= 15 is 0 Å². The molecule has 35 heavy (non-hydrogen) atoms. The second kappa shape index (κ2) is 9.52. The Bertz CT molecular complexity index is 1500. The molecule has 1 aromatic heterocycles. The van der Waals surface area contributed by atoms with Gasteiger partial charge in [-0.15, -0.1) is 0 Å². The van der Waals surface area contributed by atoms with E-state index in [4.69, 9.17) is 14.3 Å². The van der Waals surface area contributed by atoms with E-state index in [-0.39, 0.29) is 23.1 Å². The van der Waals surface area contributed by atoms with Crippen LogP contribution in [0.5, 0.6) is 5.75 Å². The number of aliphatic carboxylic acids is 1. The zero-order valence-corrected chi connectivity index (χ0v) is 18.4. The molecule has 0 saturated heterocycles. The van der Waals surface area contributed by atoms with Gasteiger partial charge in [0.05, 0.1) is 24.6 Å². The van der Waals surface area contributed by atoms with Crippen molar-refractivity contribution in [3.05, 3.63) is 93.8 Å². The molecule has 0 aliphatic carbocycles. The maximum absolute atomic E-state index is 12.9. The first kappa shape index (κ1) is 23.2. The summed E-state index contributed by atoms with van der Waals surface area (Å²) in [7, 11) is 1.50. The van der Waals surface area contributed by atoms with E-state index in [0.29, 0.717) is 28.0 Å². The van der Waals surface area contributed by atoms with Crippen LogP contribution < -0.4 is 15.5 Å². The monoisotopic (exact) mass is 473 g/mol. The molecule has 9 nitrogen and oxygen atoms in total. The van der Waals surface area contributed by atoms with E-state index in [1.165, 1.54) is 13.2 Å². The quantitative estimate of drug-likeness (QED) is 0.365. The number of rotatable bonds is 7. The predicted octanol–water partition coefficient (Wildman–Crippen LogP) is 4.05. The Morgan fingerprint density at radius 2 is 1.60 bits per heavy atom. The van der Waals surface area contributed by atoms with Crippen LogP contribution in [0.1, 0.15) is 26.5 Å². The minimum absolute atomic E-state index is 0.0761. The first-order valence-corrected chi connectivity index (χ1v) is 10.4. The molecule has 0 fully saturated rings. The molecule has 0 bridgehead atoms. The number of anilines is 1. The van der Waals surface area contributed by atoms with Gasteiger partial charge in [0.25, 0.3) is 5.91 Å². The number of benzene rings is 3. The van der Waals surface area contributed by atoms with Crippen LogP contribution >= 0.6 is 0 Å². The van der Waals surface area contributed by atoms with E-state index in [9.17, 15) is 24.3 Å². The number of carboxylic acids is 2. The fraction of sp³-hybridized carbons (Fsp3) is 0.0769. The summed E-state index contributed by atoms with van der Waals surface area (Å²) < 4.78 is 10.6. The maximum atomic E-state index is 12.9. The van der Waals surface area contributed by atoms with Crippen LogP contribution in [0.4, 0.5) is 5.69 Å². The fourth-order valence-corrected chi connectivity index (χ4v) is 3.55. The van der Waals surface area contributed by atoms with Crippen LogP contribution in [0.25, 0.3) is 22.1 Å². The van der Waals surface area contributed by atoms with Crippen LogP contribution in [-0.4, -0.2) is 35.2 Å². The number of ether oxygens (including phenoxy) is 1. The van der Waals surface area contributed by atoms with Crippen molar-refractivity contribution in [2.24, 2.45) is 0 Å². The highest BCUT2D eigenvalue weighted by Crippen LogP contribution is 2.31. The lowest BCUT2D eigenvalue weighted by Gasteiger charge is -2.12. The van der Waals surface area contributed by atoms with Gasteiger partial charge in [-0.2, -0.15) is 0 Å². The largest absolute Gasteiger partial charge is 0.497 e. The molecule has 176 valence electrons. The number of fused-ring (bicyclic) bond motifs is 1. The Labute approximate surface area is 198 Å². The molecule has 3 aromatic carbocycles. The summed E-state index contributed by atoms with van der Waals surface area (Å²) in [5, 5.41) is 21.1. The molecule has 1 amide bonds. The Balaban J connectivity index is 1.82. The summed E-state index contributed by atoms with van der Waals surface area (Å²) in [5.74, 6) is -2.88. The summed E-state index contributed by atoms with van der Waals surface area (Å²) in [6.45, 7) is 0. The van der Waals surface area contributed by atoms with E-state index < -0.39 is 29.0 Å². The normalized spacial score (nSPS) is 10.7. The summed E-state index contributed by atoms with van der Waals surface area (Å²) in [6.07, 6.45) is -0.136. The SMILES string of the molecule is COc1ccc(C(=O)Nc2cc(-c3ccc(CC(=O)O)cc3)cc3c(=O)cc(C(=O)O)oc23)cc1. The summed E-state index contributed by atoms with van der Waals surface area (Å²) in [5.41, 5.74) is 1.53. The van der Waals surface area contributed by atoms with E-state index in [2.05, 4.69) is 5.32 Å². The Hall–Kier alpha value is -4.92. The lowest BCUT2D eigenvalue weighted by Crippen LogP contribution is -2.14. The number of amides is 1. The van der Waals surface area contributed by atoms with Crippen LogP contribution in [0.3, 0.4) is 0 Å². The molecule has 4 aromatic rings. The lowest BCUT2D eigenvalue weighted by atomic mass is 10.00. The second-order valence-corrected chi connectivity index (χ2v) is 7.63. The average Bonchev–Trinajstić information content (AvgIpc) is 2.84. The third kappa shape index (κ3) is 5.03. The Kier molecular flexibility index (Phi) is 6.32. The topological polar surface area (TPSA) is 143 Å². The first-order valence-electron chi connectivity index (χ1n) is 10.4. The minimum atomic E-state index is -1.42. The molecule has 0 saturated carbocycles. The highest BCUT2D eigenvalue weighted by Gasteiger charge is 2.18. The number of carbonyl (C=O) groups excluding carboxylic acids is 1. The Morgan fingerprint density at radius 3 is 2.20 bits per heavy atom. The van der Waals surface area contributed by atoms with Gasteiger partial charge in [-0.25, -0.2) is 4.79 Å². The van der Waals surface area contributed by atoms with Crippen LogP contribution in [0.15, 0.2) is 75.9 Å². The van der Waals surface area contributed by atoms with Gasteiger partial charge in [0.15, 0.2) is 11.0 Å². The lowest BCUT2D eigenvalue weighted by molar-refractivity contribution is -0.136. The molecule has 1 heterocycles. The van der Waals surface area contributed by atoms with Crippen molar-refractivity contribution in [3.63, 3.8) is 0 Å². The number of hydrogen-bond acceptors (Lipinski definition) is 6. The summed E-state index contributed by atoms with van der Waals surface area (Å²) >= 11 is 0. The van der Waals surface area contributed by atoms with Crippen molar-refractivity contribution >= 4 is 34.5 Å². The number of methoxy groups -OCH3 is 1. The minimum Gasteiger partial charge on any atom is -0.497 e. The summed E-state index contributed by atoms with van der Waals surface area (Å²) in [4.78, 5) is 48.0. The number of aromatic carboxylic acids is 1. The van der Waals surface area contributed by atoms with Gasteiger partial charge >= 0.3 is 11.9 Å². The van der Waals surface area contributed by atoms with Crippen molar-refractivity contribution in [2.45, 2.75) is 6.42 Å². The van der Waals surface area contributed by atoms with Crippen molar-refractivity contribution in [3.8, 4) is 16.9 Å². The molecule has 3 N–H and O–H groups in total. The molecule has 0 atom stereocenters. The third-order valence-electron chi connectivity index (χ3n) is 5.28. The zero-order chi connectivity index (χ0) is 25.1. The van der Waals surface area contributed by atoms with Gasteiger partial charge in [0.1, 0.15) is 5.75 Å². The second-order valence-electron chi connectivity index (χ2n) is 7.63. The number of carboxylic acid groups (broad SMARTS) is 2. The van der Waals surface area contributed by atoms with Crippen molar-refractivity contribution in [1.82, 2.24) is 0 Å². The van der Waals surface area contributed by atoms with Crippen LogP contribution in [-0.2, 0) is 11.2 Å². The van der Waals surface area contributed by atoms with Crippen LogP contribution in [0.2, 0.25) is 0 Å². The standard InChI is InChI=1S/C26H19NO8/c1-34-18-8-6-16(7-9-18)25(31)27-20-12-17(15-4-2-14(3-5-15)10-23(29)30)11-19-21(28)13-22(26(32)33)35-24(19)20/h2-9,11-13H,10H2,1H3,(H,27,31)(H,29,30)(H,32,33). The Morgan fingerprint density at radius 1 is 0.914 bits per heavy atom. The molecule has 4 rings (SSSR count). The zero-order valence-electron chi connectivity index (χ0n) is 18.4. The molecule has 0 radical (unpaired) electrons. The molecule has 0 aliphatic heterocycles. The molecule has 0 spiro atoms. The fourth-order valence-electron chi connectivity index (χ4n) is 3.55. The summed E-state index contributed by atoms with van der Waals surface area (Å²) in [6, 6.07) is 17.0. The van der Waals surface area contributed by atoms with E-state index in [1.807, 2.05) is 0 Å². The van der Waals surface area contributed by atoms with E-state index in [1.54, 1.807) is 54.6 Å². The molecular formula is C26H19NO8. The molecule has 9 heteroatoms. The predicted molar refractivity (Wildman–Crippen MR) is 127 cm³/mol. The van der Waals surface area contributed by atoms with Gasteiger partial charge in [-0.1, -0.05) is 24.3 Å². The van der Waals surface area contributed by atoms with Gasteiger partial charge in [0, 0.05) is 11.6 Å². The van der Waals surface area contributed by atoms with Gasteiger partial charge in [0.2, 0.25) is 5.76 Å². The smallest absolute Gasteiger partial charge is 0.371 e. The highest BCUT2D eigenvalue weighted by molar-refractivity contribution is 6.09. The maximum Gasteiger partial charge on any atom is 0.371 e. The molecular weight excluding hydrogens is 454 g/mol. The average molecular weight is 473 g/mol. The number of carbonyl (C=O) groups is 3. The van der Waals surface area contributed by atoms with Gasteiger partial charge in [-0.05, 0) is 53.1 Å². The number of hydrogen-bond donors (Lipinski definition) is 3. The van der Waals surface area contributed by atoms with Crippen molar-refractivity contribution in [2.75, 3.05) is 12.4 Å². The first-order chi connectivity index (χ1) is 16.7. The molecule has 0 unspecified atom stereocenters. The molecule has 0 aliphatic rings. The van der Waals surface area contributed by atoms with Gasteiger partial charge in [-0.3, -0.25) is 14.4 Å². The van der Waals surface area contributed by atoms with Crippen molar-refractivity contribution in [1.29, 1.82) is 0 Å². The van der Waals surface area contributed by atoms with Crippen molar-refractivity contribution < 1.29 is 33.8 Å².